The van der Waals surface area contributed by atoms with Gasteiger partial charge in [0.15, 0.2) is 10.1 Å². The van der Waals surface area contributed by atoms with Crippen molar-refractivity contribution in [3.63, 3.8) is 0 Å². The molecule has 204 valence electrons. The number of aryl methyl sites for hydroxylation is 3. The Morgan fingerprint density at radius 3 is 2.65 bits per heavy atom. The summed E-state index contributed by atoms with van der Waals surface area (Å²) >= 11 is 2.56. The molecule has 10 heteroatoms. The number of nitriles is 1. The van der Waals surface area contributed by atoms with Crippen LogP contribution in [-0.2, 0) is 16.0 Å². The molecule has 1 aliphatic heterocycles. The van der Waals surface area contributed by atoms with Crippen molar-refractivity contribution in [3.8, 4) is 6.07 Å². The number of aromatic nitrogens is 2. The van der Waals surface area contributed by atoms with Crippen molar-refractivity contribution >= 4 is 45.6 Å². The van der Waals surface area contributed by atoms with E-state index in [9.17, 15) is 14.9 Å². The maximum atomic E-state index is 13.3. The molecule has 1 unspecified atom stereocenters. The number of nitrogens with one attached hydrogen (secondary N) is 1. The smallest absolute Gasteiger partial charge is 0.234 e. The van der Waals surface area contributed by atoms with Crippen molar-refractivity contribution in [2.45, 2.75) is 56.7 Å². The van der Waals surface area contributed by atoms with Crippen LogP contribution in [-0.4, -0.2) is 27.6 Å². The monoisotopic (exact) mass is 570 g/mol. The molecule has 5 rings (SSSR count). The predicted octanol–water partition coefficient (Wildman–Crippen LogP) is 5.75. The Morgan fingerprint density at radius 2 is 1.95 bits per heavy atom. The van der Waals surface area contributed by atoms with Crippen LogP contribution in [0.3, 0.4) is 0 Å². The maximum absolute atomic E-state index is 13.3. The number of anilines is 2. The molecule has 40 heavy (non-hydrogen) atoms. The Labute approximate surface area is 242 Å². The van der Waals surface area contributed by atoms with Gasteiger partial charge in [-0.1, -0.05) is 60.4 Å². The van der Waals surface area contributed by atoms with Gasteiger partial charge in [-0.3, -0.25) is 14.5 Å². The molecule has 0 bridgehead atoms. The Balaban J connectivity index is 1.40. The van der Waals surface area contributed by atoms with Crippen LogP contribution >= 0.6 is 23.1 Å². The lowest BCUT2D eigenvalue weighted by Crippen LogP contribution is -2.38. The number of thioether (sulfide) groups is 1. The molecule has 8 nitrogen and oxygen atoms in total. The molecule has 2 aliphatic rings. The van der Waals surface area contributed by atoms with E-state index < -0.39 is 5.92 Å². The number of nitrogens with two attached hydrogens (primary N) is 1. The van der Waals surface area contributed by atoms with Gasteiger partial charge in [-0.05, 0) is 67.5 Å². The molecule has 1 atom stereocenters. The summed E-state index contributed by atoms with van der Waals surface area (Å²) in [5.41, 5.74) is 13.4. The number of rotatable bonds is 7. The fraction of sp³-hybridized carbons (Fsp3) is 0.300. The lowest BCUT2D eigenvalue weighted by Gasteiger charge is -2.38. The highest BCUT2D eigenvalue weighted by atomic mass is 32.2. The Hall–Kier alpha value is -3.94. The minimum atomic E-state index is -0.508. The van der Waals surface area contributed by atoms with Gasteiger partial charge in [0, 0.05) is 23.4 Å². The van der Waals surface area contributed by atoms with E-state index in [-0.39, 0.29) is 23.3 Å². The average Bonchev–Trinajstić information content (AvgIpc) is 3.42. The second-order valence-corrected chi connectivity index (χ2v) is 12.1. The second kappa shape index (κ2) is 11.7. The average molecular weight is 571 g/mol. The fourth-order valence-corrected chi connectivity index (χ4v) is 6.76. The van der Waals surface area contributed by atoms with E-state index in [1.807, 2.05) is 56.3 Å². The Bertz CT molecular complexity index is 1580. The number of nitrogens with zero attached hydrogens (tertiary/aromatic N) is 4. The maximum Gasteiger partial charge on any atom is 0.234 e. The number of hydrogen-bond donors (Lipinski definition) is 2. The van der Waals surface area contributed by atoms with Gasteiger partial charge in [-0.2, -0.15) is 5.26 Å². The first-order valence-corrected chi connectivity index (χ1v) is 15.0. The molecule has 0 saturated heterocycles. The highest BCUT2D eigenvalue weighted by Crippen LogP contribution is 2.47. The van der Waals surface area contributed by atoms with Crippen LogP contribution in [0.25, 0.3) is 0 Å². The third-order valence-electron chi connectivity index (χ3n) is 7.34. The third kappa shape index (κ3) is 5.40. The molecule has 2 aromatic carbocycles. The van der Waals surface area contributed by atoms with Crippen LogP contribution in [0, 0.1) is 25.2 Å². The summed E-state index contributed by atoms with van der Waals surface area (Å²) in [5.74, 6) is -0.197. The highest BCUT2D eigenvalue weighted by molar-refractivity contribution is 8.01. The van der Waals surface area contributed by atoms with Crippen LogP contribution in [0.2, 0.25) is 0 Å². The van der Waals surface area contributed by atoms with Gasteiger partial charge in [0.2, 0.25) is 11.0 Å². The first-order chi connectivity index (χ1) is 19.3. The van der Waals surface area contributed by atoms with Crippen LogP contribution < -0.4 is 16.0 Å². The molecule has 3 N–H and O–H groups in total. The Morgan fingerprint density at radius 1 is 1.18 bits per heavy atom. The number of carbonyl (C=O) groups is 2. The zero-order valence-electron chi connectivity index (χ0n) is 22.7. The van der Waals surface area contributed by atoms with Gasteiger partial charge >= 0.3 is 0 Å². The summed E-state index contributed by atoms with van der Waals surface area (Å²) in [6.45, 7) is 6.12. The second-order valence-electron chi connectivity index (χ2n) is 9.90. The van der Waals surface area contributed by atoms with Crippen molar-refractivity contribution in [2.24, 2.45) is 5.73 Å². The molecule has 2 heterocycles. The number of benzene rings is 2. The summed E-state index contributed by atoms with van der Waals surface area (Å²) in [7, 11) is 0. The van der Waals surface area contributed by atoms with Gasteiger partial charge < -0.3 is 11.1 Å². The van der Waals surface area contributed by atoms with Crippen LogP contribution in [0.1, 0.15) is 54.4 Å². The van der Waals surface area contributed by atoms with E-state index >= 15 is 0 Å². The number of ketones is 1. The largest absolute Gasteiger partial charge is 0.384 e. The number of hydrogen-bond acceptors (Lipinski definition) is 9. The fourth-order valence-electron chi connectivity index (χ4n) is 5.08. The zero-order chi connectivity index (χ0) is 28.4. The summed E-state index contributed by atoms with van der Waals surface area (Å²) in [6, 6.07) is 16.1. The molecule has 1 amide bonds. The van der Waals surface area contributed by atoms with Crippen molar-refractivity contribution < 1.29 is 9.59 Å². The minimum Gasteiger partial charge on any atom is -0.384 e. The Kier molecular flexibility index (Phi) is 8.05. The van der Waals surface area contributed by atoms with E-state index in [0.717, 1.165) is 34.5 Å². The predicted molar refractivity (Wildman–Crippen MR) is 159 cm³/mol. The number of amides is 1. The van der Waals surface area contributed by atoms with Gasteiger partial charge in [-0.25, -0.2) is 0 Å². The molecule has 0 fully saturated rings. The standard InChI is InChI=1S/C30H30N6O2S2/c1-4-19-9-11-20(12-10-19)26-22(15-31)28(32)36(23-6-5-7-24(37)27(23)26)29-34-35-30(40-29)39-16-25(38)33-21-13-8-17(2)18(3)14-21/h8-14,26H,4-7,16,32H2,1-3H3,(H,33,38). The van der Waals surface area contributed by atoms with E-state index in [1.165, 1.54) is 28.7 Å². The topological polar surface area (TPSA) is 125 Å². The minimum absolute atomic E-state index is 0.0261. The van der Waals surface area contributed by atoms with Crippen LogP contribution in [0.5, 0.6) is 0 Å². The molecule has 1 aliphatic carbocycles. The summed E-state index contributed by atoms with van der Waals surface area (Å²) < 4.78 is 0.595. The molecule has 1 aromatic heterocycles. The summed E-state index contributed by atoms with van der Waals surface area (Å²) in [5, 5.41) is 22.2. The lowest BCUT2D eigenvalue weighted by molar-refractivity contribution is -0.116. The quantitative estimate of drug-likeness (QED) is 0.344. The number of Topliss-reactive ketones (excluding diaryl/α,β-unsaturated/α-hetero) is 1. The normalized spacial score (nSPS) is 17.1. The highest BCUT2D eigenvalue weighted by Gasteiger charge is 2.41. The molecular weight excluding hydrogens is 541 g/mol. The third-order valence-corrected chi connectivity index (χ3v) is 9.38. The first-order valence-electron chi connectivity index (χ1n) is 13.2. The molecule has 0 radical (unpaired) electrons. The van der Waals surface area contributed by atoms with Crippen molar-refractivity contribution in [1.29, 1.82) is 5.26 Å². The zero-order valence-corrected chi connectivity index (χ0v) is 24.3. The van der Waals surface area contributed by atoms with E-state index in [4.69, 9.17) is 5.73 Å². The first kappa shape index (κ1) is 27.6. The van der Waals surface area contributed by atoms with E-state index in [1.54, 1.807) is 4.90 Å². The van der Waals surface area contributed by atoms with Gasteiger partial charge in [0.1, 0.15) is 5.82 Å². The summed E-state index contributed by atoms with van der Waals surface area (Å²) in [6.07, 6.45) is 2.68. The summed E-state index contributed by atoms with van der Waals surface area (Å²) in [4.78, 5) is 27.6. The van der Waals surface area contributed by atoms with Crippen molar-refractivity contribution in [1.82, 2.24) is 10.2 Å². The van der Waals surface area contributed by atoms with Gasteiger partial charge in [0.05, 0.1) is 23.3 Å². The van der Waals surface area contributed by atoms with Crippen molar-refractivity contribution in [2.75, 3.05) is 16.0 Å². The molecule has 0 saturated carbocycles. The van der Waals surface area contributed by atoms with Gasteiger partial charge in [0.25, 0.3) is 0 Å². The molecular formula is C30H30N6O2S2. The van der Waals surface area contributed by atoms with Crippen LogP contribution in [0.15, 0.2) is 69.5 Å². The van der Waals surface area contributed by atoms with Crippen molar-refractivity contribution in [3.05, 3.63) is 87.4 Å². The van der Waals surface area contributed by atoms with Crippen LogP contribution in [0.4, 0.5) is 10.8 Å². The van der Waals surface area contributed by atoms with Gasteiger partial charge in [-0.15, -0.1) is 10.2 Å². The van der Waals surface area contributed by atoms with E-state index in [2.05, 4.69) is 28.5 Å². The number of allylic oxidation sites excluding steroid dienone is 3. The van der Waals surface area contributed by atoms with E-state index in [0.29, 0.717) is 39.9 Å². The lowest BCUT2D eigenvalue weighted by atomic mass is 9.75. The SMILES string of the molecule is CCc1ccc(C2C(C#N)=C(N)N(c3nnc(SCC(=O)Nc4ccc(C)c(C)c4)s3)C3=C2C(=O)CCC3)cc1. The number of carbonyl (C=O) groups excluding carboxylic acids is 2. The molecule has 3 aromatic rings. The molecule has 0 spiro atoms.